The number of carbonyl (C=O) groups is 2. The van der Waals surface area contributed by atoms with E-state index in [1.54, 1.807) is 18.3 Å². The maximum Gasteiger partial charge on any atom is 0.270 e. The Kier molecular flexibility index (Phi) is 5.79. The van der Waals surface area contributed by atoms with Crippen LogP contribution in [0, 0.1) is 12.8 Å². The van der Waals surface area contributed by atoms with Gasteiger partial charge in [0.15, 0.2) is 0 Å². The van der Waals surface area contributed by atoms with E-state index in [1.807, 2.05) is 13.8 Å². The fraction of sp³-hybridized carbons (Fsp3) is 0.348. The summed E-state index contributed by atoms with van der Waals surface area (Å²) in [5, 5.41) is 15.6. The van der Waals surface area contributed by atoms with Gasteiger partial charge in [-0.1, -0.05) is 6.92 Å². The van der Waals surface area contributed by atoms with E-state index >= 15 is 0 Å². The Balaban J connectivity index is 1.74. The standard InChI is InChI=1S/C23H23F2N5O3/c1-4-18(31)17-5-11(2)14(10-27-17)13-6-12-9-28-19(30-21(32)15-8-23(15,24)25)7-16(12)29-20(13)22(33)26-3/h5-7,9-10,15,18,31H,4,8H2,1-3H3,(H,26,33)(H,28,30,32)/t15-,18+/m1/s1. The lowest BCUT2D eigenvalue weighted by Crippen LogP contribution is -2.21. The van der Waals surface area contributed by atoms with Crippen LogP contribution in [0.25, 0.3) is 22.0 Å². The van der Waals surface area contributed by atoms with E-state index in [0.717, 1.165) is 5.56 Å². The number of aromatic nitrogens is 3. The van der Waals surface area contributed by atoms with Crippen molar-refractivity contribution in [1.82, 2.24) is 20.3 Å². The second kappa shape index (κ2) is 8.43. The van der Waals surface area contributed by atoms with Crippen molar-refractivity contribution in [3.05, 3.63) is 47.5 Å². The number of amides is 2. The van der Waals surface area contributed by atoms with Crippen LogP contribution in [0.5, 0.6) is 0 Å². The second-order valence-corrected chi connectivity index (χ2v) is 8.08. The van der Waals surface area contributed by atoms with Crippen LogP contribution in [0.2, 0.25) is 0 Å². The molecule has 1 aliphatic carbocycles. The number of hydrogen-bond acceptors (Lipinski definition) is 6. The molecule has 10 heteroatoms. The van der Waals surface area contributed by atoms with E-state index in [-0.39, 0.29) is 11.5 Å². The van der Waals surface area contributed by atoms with E-state index in [2.05, 4.69) is 25.6 Å². The molecule has 3 aromatic heterocycles. The Morgan fingerprint density at radius 2 is 1.94 bits per heavy atom. The summed E-state index contributed by atoms with van der Waals surface area (Å²) < 4.78 is 26.3. The molecule has 3 N–H and O–H groups in total. The molecule has 0 bridgehead atoms. The summed E-state index contributed by atoms with van der Waals surface area (Å²) in [6, 6.07) is 4.95. The molecule has 4 rings (SSSR count). The predicted octanol–water partition coefficient (Wildman–Crippen LogP) is 3.40. The maximum absolute atomic E-state index is 13.2. The third kappa shape index (κ3) is 4.38. The van der Waals surface area contributed by atoms with Crippen LogP contribution < -0.4 is 10.6 Å². The number of alkyl halides is 2. The van der Waals surface area contributed by atoms with Crippen LogP contribution in [0.15, 0.2) is 30.6 Å². The van der Waals surface area contributed by atoms with Crippen molar-refractivity contribution in [1.29, 1.82) is 0 Å². The molecule has 33 heavy (non-hydrogen) atoms. The van der Waals surface area contributed by atoms with Gasteiger partial charge in [-0.05, 0) is 31.0 Å². The minimum Gasteiger partial charge on any atom is -0.387 e. The van der Waals surface area contributed by atoms with Crippen molar-refractivity contribution in [2.24, 2.45) is 5.92 Å². The molecule has 0 saturated heterocycles. The SMILES string of the molecule is CC[C@H](O)c1cc(C)c(-c2cc3cnc(NC(=O)[C@H]4CC4(F)F)cc3nc2C(=O)NC)cn1. The number of halogens is 2. The number of rotatable bonds is 6. The van der Waals surface area contributed by atoms with Crippen LogP contribution in [-0.2, 0) is 4.79 Å². The first-order valence-electron chi connectivity index (χ1n) is 10.5. The van der Waals surface area contributed by atoms with Crippen LogP contribution in [-0.4, -0.2) is 44.8 Å². The van der Waals surface area contributed by atoms with Crippen molar-refractivity contribution in [2.45, 2.75) is 38.7 Å². The number of aliphatic hydroxyl groups excluding tert-OH is 1. The summed E-state index contributed by atoms with van der Waals surface area (Å²) in [4.78, 5) is 37.5. The highest BCUT2D eigenvalue weighted by Gasteiger charge is 2.61. The molecule has 2 amide bonds. The predicted molar refractivity (Wildman–Crippen MR) is 118 cm³/mol. The zero-order valence-corrected chi connectivity index (χ0v) is 18.3. The molecule has 0 spiro atoms. The number of hydrogen-bond donors (Lipinski definition) is 3. The fourth-order valence-electron chi connectivity index (χ4n) is 3.60. The van der Waals surface area contributed by atoms with Gasteiger partial charge in [0, 0.05) is 48.4 Å². The number of carbonyl (C=O) groups excluding carboxylic acids is 2. The first-order valence-corrected chi connectivity index (χ1v) is 10.5. The molecule has 1 saturated carbocycles. The minimum atomic E-state index is -2.98. The van der Waals surface area contributed by atoms with Crippen LogP contribution >= 0.6 is 0 Å². The van der Waals surface area contributed by atoms with Crippen molar-refractivity contribution < 1.29 is 23.5 Å². The van der Waals surface area contributed by atoms with Crippen molar-refractivity contribution in [3.8, 4) is 11.1 Å². The van der Waals surface area contributed by atoms with Gasteiger partial charge in [0.05, 0.1) is 17.3 Å². The number of fused-ring (bicyclic) bond motifs is 1. The maximum atomic E-state index is 13.2. The molecule has 3 heterocycles. The third-order valence-corrected chi connectivity index (χ3v) is 5.69. The summed E-state index contributed by atoms with van der Waals surface area (Å²) in [7, 11) is 1.48. The average molecular weight is 455 g/mol. The number of nitrogens with one attached hydrogen (secondary N) is 2. The van der Waals surface area contributed by atoms with Gasteiger partial charge < -0.3 is 15.7 Å². The molecule has 3 aromatic rings. The summed E-state index contributed by atoms with van der Waals surface area (Å²) in [5.41, 5.74) is 3.05. The first kappa shape index (κ1) is 22.7. The van der Waals surface area contributed by atoms with E-state index in [1.165, 1.54) is 19.3 Å². The number of pyridine rings is 3. The van der Waals surface area contributed by atoms with Crippen LogP contribution in [0.1, 0.15) is 47.6 Å². The van der Waals surface area contributed by atoms with Crippen molar-refractivity contribution in [3.63, 3.8) is 0 Å². The van der Waals surface area contributed by atoms with E-state index in [4.69, 9.17) is 0 Å². The van der Waals surface area contributed by atoms with E-state index in [9.17, 15) is 23.5 Å². The molecule has 1 fully saturated rings. The summed E-state index contributed by atoms with van der Waals surface area (Å²) in [6.45, 7) is 3.71. The monoisotopic (exact) mass is 455 g/mol. The highest BCUT2D eigenvalue weighted by atomic mass is 19.3. The van der Waals surface area contributed by atoms with Gasteiger partial charge in [0.1, 0.15) is 17.4 Å². The largest absolute Gasteiger partial charge is 0.387 e. The summed E-state index contributed by atoms with van der Waals surface area (Å²) >= 11 is 0. The zero-order valence-electron chi connectivity index (χ0n) is 18.3. The minimum absolute atomic E-state index is 0.0778. The van der Waals surface area contributed by atoms with Gasteiger partial charge in [0.25, 0.3) is 11.8 Å². The number of anilines is 1. The second-order valence-electron chi connectivity index (χ2n) is 8.08. The molecular formula is C23H23F2N5O3. The highest BCUT2D eigenvalue weighted by Crippen LogP contribution is 2.49. The summed E-state index contributed by atoms with van der Waals surface area (Å²) in [5.74, 6) is -5.48. The summed E-state index contributed by atoms with van der Waals surface area (Å²) in [6.07, 6.45) is 2.42. The molecule has 0 unspecified atom stereocenters. The van der Waals surface area contributed by atoms with Gasteiger partial charge in [-0.15, -0.1) is 0 Å². The Bertz CT molecular complexity index is 1260. The lowest BCUT2D eigenvalue weighted by molar-refractivity contribution is -0.119. The Morgan fingerprint density at radius 3 is 2.55 bits per heavy atom. The van der Waals surface area contributed by atoms with Crippen molar-refractivity contribution >= 4 is 28.5 Å². The molecule has 1 aliphatic rings. The molecule has 172 valence electrons. The van der Waals surface area contributed by atoms with Gasteiger partial charge in [-0.2, -0.15) is 0 Å². The van der Waals surface area contributed by atoms with Gasteiger partial charge in [-0.25, -0.2) is 18.7 Å². The molecular weight excluding hydrogens is 432 g/mol. The zero-order chi connectivity index (χ0) is 23.9. The van der Waals surface area contributed by atoms with Gasteiger partial charge in [-0.3, -0.25) is 14.6 Å². The Hall–Kier alpha value is -3.53. The number of nitrogens with zero attached hydrogens (tertiary/aromatic N) is 3. The smallest absolute Gasteiger partial charge is 0.270 e. The normalized spacial score (nSPS) is 17.5. The van der Waals surface area contributed by atoms with Gasteiger partial charge in [0.2, 0.25) is 5.91 Å². The van der Waals surface area contributed by atoms with Crippen LogP contribution in [0.3, 0.4) is 0 Å². The molecule has 2 atom stereocenters. The van der Waals surface area contributed by atoms with E-state index < -0.39 is 36.2 Å². The van der Waals surface area contributed by atoms with Crippen LogP contribution in [0.4, 0.5) is 14.6 Å². The number of aryl methyl sites for hydroxylation is 1. The number of aliphatic hydroxyl groups is 1. The third-order valence-electron chi connectivity index (χ3n) is 5.69. The Labute approximate surface area is 188 Å². The molecule has 0 aliphatic heterocycles. The Morgan fingerprint density at radius 1 is 1.21 bits per heavy atom. The van der Waals surface area contributed by atoms with Gasteiger partial charge >= 0.3 is 0 Å². The first-order chi connectivity index (χ1) is 15.6. The van der Waals surface area contributed by atoms with E-state index in [0.29, 0.717) is 34.1 Å². The lowest BCUT2D eigenvalue weighted by Gasteiger charge is -2.14. The molecule has 0 aromatic carbocycles. The molecule has 8 nitrogen and oxygen atoms in total. The fourth-order valence-corrected chi connectivity index (χ4v) is 3.60. The molecule has 0 radical (unpaired) electrons. The average Bonchev–Trinajstić information content (AvgIpc) is 3.45. The lowest BCUT2D eigenvalue weighted by atomic mass is 9.98. The highest BCUT2D eigenvalue weighted by molar-refractivity contribution is 6.03. The van der Waals surface area contributed by atoms with Crippen molar-refractivity contribution in [2.75, 3.05) is 12.4 Å². The topological polar surface area (TPSA) is 117 Å². The quantitative estimate of drug-likeness (QED) is 0.525.